The Morgan fingerprint density at radius 1 is 1.45 bits per heavy atom. The minimum atomic E-state index is 0.363. The maximum absolute atomic E-state index is 5.85. The fourth-order valence-electron chi connectivity index (χ4n) is 2.44. The van der Waals surface area contributed by atoms with Gasteiger partial charge in [-0.1, -0.05) is 25.5 Å². The van der Waals surface area contributed by atoms with E-state index < -0.39 is 0 Å². The summed E-state index contributed by atoms with van der Waals surface area (Å²) in [6, 6.07) is 5.12. The zero-order valence-corrected chi connectivity index (χ0v) is 14.0. The first-order chi connectivity index (χ1) is 10.8. The van der Waals surface area contributed by atoms with Crippen LogP contribution in [0.5, 0.6) is 5.75 Å². The van der Waals surface area contributed by atoms with Crippen LogP contribution < -0.4 is 15.6 Å². The number of nitrogens with one attached hydrogen (secondary N) is 2. The van der Waals surface area contributed by atoms with Gasteiger partial charge in [-0.05, 0) is 37.5 Å². The Morgan fingerprint density at radius 3 is 3.09 bits per heavy atom. The van der Waals surface area contributed by atoms with Crippen LogP contribution in [0, 0.1) is 0 Å². The smallest absolute Gasteiger partial charge is 0.174 e. The highest BCUT2D eigenvalue weighted by atomic mass is 32.1. The Kier molecular flexibility index (Phi) is 5.08. The van der Waals surface area contributed by atoms with Crippen molar-refractivity contribution in [3.8, 4) is 5.75 Å². The number of nitrogens with zero attached hydrogens (tertiary/aromatic N) is 1. The van der Waals surface area contributed by atoms with Crippen molar-refractivity contribution in [1.82, 2.24) is 15.8 Å². The predicted molar refractivity (Wildman–Crippen MR) is 92.4 cm³/mol. The number of hydroxylamine groups is 1. The van der Waals surface area contributed by atoms with Gasteiger partial charge in [0.15, 0.2) is 5.75 Å². The Morgan fingerprint density at radius 2 is 2.36 bits per heavy atom. The normalized spacial score (nSPS) is 21.4. The van der Waals surface area contributed by atoms with E-state index in [1.165, 1.54) is 16.7 Å². The zero-order valence-electron chi connectivity index (χ0n) is 13.1. The second kappa shape index (κ2) is 7.22. The average Bonchev–Trinajstić information content (AvgIpc) is 2.98. The van der Waals surface area contributed by atoms with E-state index in [0.29, 0.717) is 12.1 Å². The van der Waals surface area contributed by atoms with Crippen molar-refractivity contribution in [1.29, 1.82) is 0 Å². The van der Waals surface area contributed by atoms with E-state index in [0.717, 1.165) is 30.7 Å². The monoisotopic (exact) mass is 317 g/mol. The number of benzene rings is 1. The zero-order chi connectivity index (χ0) is 15.4. The third-order valence-corrected chi connectivity index (χ3v) is 4.80. The number of hydrogen-bond donors (Lipinski definition) is 2. The molecule has 0 amide bonds. The van der Waals surface area contributed by atoms with Gasteiger partial charge in [0, 0.05) is 12.6 Å². The molecule has 22 heavy (non-hydrogen) atoms. The van der Waals surface area contributed by atoms with Gasteiger partial charge >= 0.3 is 0 Å². The number of aromatic nitrogens is 1. The number of hydrogen-bond acceptors (Lipinski definition) is 5. The van der Waals surface area contributed by atoms with Crippen molar-refractivity contribution < 1.29 is 4.84 Å². The molecule has 0 aliphatic carbocycles. The highest BCUT2D eigenvalue weighted by molar-refractivity contribution is 7.16. The third kappa shape index (κ3) is 3.48. The molecule has 0 spiro atoms. The number of fused-ring (bicyclic) bond motifs is 1. The lowest BCUT2D eigenvalue weighted by Gasteiger charge is -2.35. The van der Waals surface area contributed by atoms with E-state index in [9.17, 15) is 0 Å². The molecule has 1 aliphatic rings. The van der Waals surface area contributed by atoms with Crippen LogP contribution in [0.2, 0.25) is 0 Å². The summed E-state index contributed by atoms with van der Waals surface area (Å²) in [6.07, 6.45) is 7.75. The fourth-order valence-corrected chi connectivity index (χ4v) is 3.20. The molecule has 5 heteroatoms. The van der Waals surface area contributed by atoms with E-state index in [2.05, 4.69) is 53.9 Å². The quantitative estimate of drug-likeness (QED) is 0.606. The van der Waals surface area contributed by atoms with E-state index in [-0.39, 0.29) is 0 Å². The van der Waals surface area contributed by atoms with Crippen LogP contribution in [-0.4, -0.2) is 23.6 Å². The van der Waals surface area contributed by atoms with Gasteiger partial charge in [0.1, 0.15) is 5.52 Å². The van der Waals surface area contributed by atoms with E-state index in [1.54, 1.807) is 11.3 Å². The molecule has 118 valence electrons. The highest BCUT2D eigenvalue weighted by Crippen LogP contribution is 2.29. The summed E-state index contributed by atoms with van der Waals surface area (Å²) < 4.78 is 1.18. The molecule has 1 fully saturated rings. The fraction of sp³-hybridized carbons (Fsp3) is 0.471. The van der Waals surface area contributed by atoms with Crippen molar-refractivity contribution >= 4 is 21.6 Å². The maximum Gasteiger partial charge on any atom is 0.174 e. The molecule has 1 aromatic carbocycles. The summed E-state index contributed by atoms with van der Waals surface area (Å²) in [5, 5.41) is 3.31. The van der Waals surface area contributed by atoms with E-state index >= 15 is 0 Å². The van der Waals surface area contributed by atoms with Gasteiger partial charge in [-0.15, -0.1) is 11.3 Å². The largest absolute Gasteiger partial charge is 0.406 e. The Hall–Kier alpha value is -1.43. The molecule has 1 aliphatic heterocycles. The van der Waals surface area contributed by atoms with Crippen molar-refractivity contribution in [2.45, 2.75) is 45.2 Å². The molecule has 1 saturated heterocycles. The Labute approximate surface area is 135 Å². The minimum Gasteiger partial charge on any atom is -0.406 e. The van der Waals surface area contributed by atoms with Gasteiger partial charge in [0.05, 0.1) is 16.3 Å². The second-order valence-electron chi connectivity index (χ2n) is 5.78. The van der Waals surface area contributed by atoms with E-state index in [4.69, 9.17) is 4.84 Å². The molecule has 0 saturated carbocycles. The summed E-state index contributed by atoms with van der Waals surface area (Å²) in [4.78, 5) is 10.3. The summed E-state index contributed by atoms with van der Waals surface area (Å²) in [5.41, 5.74) is 7.24. The molecule has 0 bridgehead atoms. The lowest BCUT2D eigenvalue weighted by atomic mass is 10.0. The van der Waals surface area contributed by atoms with Crippen LogP contribution in [-0.2, 0) is 6.42 Å². The van der Waals surface area contributed by atoms with Gasteiger partial charge in [-0.25, -0.2) is 4.98 Å². The molecular formula is C17H23N3OS. The third-order valence-electron chi connectivity index (χ3n) is 4.02. The molecule has 2 heterocycles. The van der Waals surface area contributed by atoms with Gasteiger partial charge in [0.25, 0.3) is 0 Å². The lowest BCUT2D eigenvalue weighted by Crippen LogP contribution is -2.62. The first-order valence-corrected chi connectivity index (χ1v) is 8.82. The van der Waals surface area contributed by atoms with Crippen LogP contribution in [0.1, 0.15) is 32.3 Å². The Balaban J connectivity index is 1.73. The topological polar surface area (TPSA) is 46.2 Å². The molecule has 2 atom stereocenters. The van der Waals surface area contributed by atoms with Gasteiger partial charge in [0.2, 0.25) is 0 Å². The van der Waals surface area contributed by atoms with Gasteiger partial charge < -0.3 is 10.2 Å². The summed E-state index contributed by atoms with van der Waals surface area (Å²) in [7, 11) is 0. The van der Waals surface area contributed by atoms with Gasteiger partial charge in [-0.2, -0.15) is 5.48 Å². The first kappa shape index (κ1) is 15.5. The SMILES string of the molecule is CCC/C=C/Cc1cc(ONC2CNC2C)c2ncsc2c1. The predicted octanol–water partition coefficient (Wildman–Crippen LogP) is 3.44. The maximum atomic E-state index is 5.85. The molecule has 3 rings (SSSR count). The van der Waals surface area contributed by atoms with Crippen LogP contribution in [0.4, 0.5) is 0 Å². The number of rotatable bonds is 7. The van der Waals surface area contributed by atoms with Crippen molar-refractivity contribution in [2.24, 2.45) is 0 Å². The molecule has 1 aromatic heterocycles. The summed E-state index contributed by atoms with van der Waals surface area (Å²) in [5.74, 6) is 0.830. The molecule has 2 unspecified atom stereocenters. The van der Waals surface area contributed by atoms with E-state index in [1.807, 2.05) is 5.51 Å². The minimum absolute atomic E-state index is 0.363. The van der Waals surface area contributed by atoms with Crippen molar-refractivity contribution in [3.05, 3.63) is 35.4 Å². The van der Waals surface area contributed by atoms with Crippen molar-refractivity contribution in [3.63, 3.8) is 0 Å². The lowest BCUT2D eigenvalue weighted by molar-refractivity contribution is 0.100. The Bertz CT molecular complexity index is 652. The van der Waals surface area contributed by atoms with Crippen LogP contribution >= 0.6 is 11.3 Å². The first-order valence-electron chi connectivity index (χ1n) is 7.94. The van der Waals surface area contributed by atoms with Crippen LogP contribution in [0.15, 0.2) is 29.8 Å². The number of thiazole rings is 1. The standard InChI is InChI=1S/C17H23N3OS/c1-3-4-5-6-7-13-8-15(17-16(9-13)22-11-19-17)21-20-14-10-18-12(14)2/h5-6,8-9,11-12,14,18,20H,3-4,7,10H2,1-2H3/b6-5+. The van der Waals surface area contributed by atoms with Crippen LogP contribution in [0.25, 0.3) is 10.2 Å². The molecule has 2 aromatic rings. The summed E-state index contributed by atoms with van der Waals surface area (Å²) >= 11 is 1.66. The molecule has 0 radical (unpaired) electrons. The molecule has 2 N–H and O–H groups in total. The highest BCUT2D eigenvalue weighted by Gasteiger charge is 2.26. The summed E-state index contributed by atoms with van der Waals surface area (Å²) in [6.45, 7) is 5.29. The van der Waals surface area contributed by atoms with Gasteiger partial charge in [-0.3, -0.25) is 0 Å². The number of unbranched alkanes of at least 4 members (excludes halogenated alkanes) is 1. The van der Waals surface area contributed by atoms with Crippen molar-refractivity contribution in [2.75, 3.05) is 6.54 Å². The second-order valence-corrected chi connectivity index (χ2v) is 6.67. The number of allylic oxidation sites excluding steroid dienone is 2. The molecular weight excluding hydrogens is 294 g/mol. The van der Waals surface area contributed by atoms with Crippen LogP contribution in [0.3, 0.4) is 0 Å². The average molecular weight is 317 g/mol. The molecule has 4 nitrogen and oxygen atoms in total.